The van der Waals surface area contributed by atoms with Crippen LogP contribution in [0.15, 0.2) is 55.2 Å². The Labute approximate surface area is 215 Å². The van der Waals surface area contributed by atoms with Crippen molar-refractivity contribution < 1.29 is 18.0 Å². The van der Waals surface area contributed by atoms with Crippen LogP contribution in [0.1, 0.15) is 44.6 Å². The molecular weight excluding hydrogens is 497 g/mol. The summed E-state index contributed by atoms with van der Waals surface area (Å²) < 4.78 is 43.9. The van der Waals surface area contributed by atoms with Crippen LogP contribution in [0.4, 0.5) is 13.2 Å². The van der Waals surface area contributed by atoms with Gasteiger partial charge in [0.1, 0.15) is 6.04 Å². The fourth-order valence-electron chi connectivity index (χ4n) is 5.05. The SMILES string of the molecule is CN(C)CCc1ccc2c(C(=O)N3CCc4[nH]cnc4[C@H]3c3cc4c(C(F)(F)F)cccn4n3)cnn2c1. The monoisotopic (exact) mass is 522 g/mol. The number of hydrogen-bond acceptors (Lipinski definition) is 5. The number of pyridine rings is 2. The number of carbonyl (C=O) groups is 1. The van der Waals surface area contributed by atoms with Gasteiger partial charge < -0.3 is 14.8 Å². The number of aromatic nitrogens is 6. The second-order valence-corrected chi connectivity index (χ2v) is 9.71. The zero-order chi connectivity index (χ0) is 26.6. The maximum atomic E-state index is 13.9. The maximum Gasteiger partial charge on any atom is 0.418 e. The summed E-state index contributed by atoms with van der Waals surface area (Å²) in [6.07, 6.45) is 3.29. The summed E-state index contributed by atoms with van der Waals surface area (Å²) in [6, 6.07) is 6.83. The highest BCUT2D eigenvalue weighted by molar-refractivity contribution is 6.01. The van der Waals surface area contributed by atoms with Gasteiger partial charge in [-0.25, -0.2) is 14.0 Å². The molecule has 0 saturated carbocycles. The van der Waals surface area contributed by atoms with Crippen molar-refractivity contribution >= 4 is 16.9 Å². The molecule has 1 amide bonds. The number of alkyl halides is 3. The molecule has 0 aromatic carbocycles. The topological polar surface area (TPSA) is 86.8 Å². The van der Waals surface area contributed by atoms with Gasteiger partial charge in [0.2, 0.25) is 0 Å². The number of aromatic amines is 1. The van der Waals surface area contributed by atoms with Crippen molar-refractivity contribution in [2.45, 2.75) is 25.1 Å². The summed E-state index contributed by atoms with van der Waals surface area (Å²) in [7, 11) is 4.02. The smallest absolute Gasteiger partial charge is 0.348 e. The molecule has 5 aromatic rings. The average molecular weight is 523 g/mol. The highest BCUT2D eigenvalue weighted by atomic mass is 19.4. The van der Waals surface area contributed by atoms with Gasteiger partial charge in [0, 0.05) is 37.6 Å². The second kappa shape index (κ2) is 8.98. The van der Waals surface area contributed by atoms with Gasteiger partial charge in [-0.05, 0) is 50.3 Å². The molecule has 1 atom stereocenters. The van der Waals surface area contributed by atoms with Crippen LogP contribution in [0.25, 0.3) is 11.0 Å². The molecule has 0 spiro atoms. The Kier molecular flexibility index (Phi) is 5.71. The number of halogens is 3. The number of rotatable bonds is 5. The van der Waals surface area contributed by atoms with E-state index in [0.717, 1.165) is 30.3 Å². The standard InChI is InChI=1S/C26H25F3N8O/c1-34(2)10-7-16-5-6-21-17(13-32-37(21)14-16)25(38)35-11-8-19-23(31-15-30-19)24(35)20-12-22-18(26(27,28)29)4-3-9-36(22)33-20/h3-6,9,12-15,24H,7-8,10-11H2,1-2H3,(H,30,31)/t24-/m1/s1. The van der Waals surface area contributed by atoms with E-state index in [1.54, 1.807) is 9.42 Å². The molecule has 1 aliphatic rings. The van der Waals surface area contributed by atoms with Crippen molar-refractivity contribution in [2.75, 3.05) is 27.2 Å². The van der Waals surface area contributed by atoms with Crippen molar-refractivity contribution in [2.24, 2.45) is 0 Å². The number of nitrogens with zero attached hydrogens (tertiary/aromatic N) is 7. The molecule has 9 nitrogen and oxygen atoms in total. The van der Waals surface area contributed by atoms with Gasteiger partial charge in [-0.3, -0.25) is 4.79 Å². The van der Waals surface area contributed by atoms with E-state index < -0.39 is 17.8 Å². The predicted octanol–water partition coefficient (Wildman–Crippen LogP) is 3.62. The number of fused-ring (bicyclic) bond motifs is 3. The van der Waals surface area contributed by atoms with Crippen LogP contribution in [-0.2, 0) is 19.0 Å². The first-order valence-corrected chi connectivity index (χ1v) is 12.2. The lowest BCUT2D eigenvalue weighted by molar-refractivity contribution is -0.136. The Morgan fingerprint density at radius 2 is 2.03 bits per heavy atom. The summed E-state index contributed by atoms with van der Waals surface area (Å²) in [5.74, 6) is -0.284. The Balaban J connectivity index is 1.40. The van der Waals surface area contributed by atoms with Crippen molar-refractivity contribution in [3.8, 4) is 0 Å². The molecule has 0 fully saturated rings. The van der Waals surface area contributed by atoms with Crippen LogP contribution < -0.4 is 0 Å². The Morgan fingerprint density at radius 1 is 1.18 bits per heavy atom. The number of hydrogen-bond donors (Lipinski definition) is 1. The third-order valence-electron chi connectivity index (χ3n) is 6.95. The molecule has 1 aliphatic heterocycles. The largest absolute Gasteiger partial charge is 0.418 e. The van der Waals surface area contributed by atoms with Gasteiger partial charge in [0.25, 0.3) is 5.91 Å². The van der Waals surface area contributed by atoms with Gasteiger partial charge >= 0.3 is 6.18 Å². The molecule has 12 heteroatoms. The summed E-state index contributed by atoms with van der Waals surface area (Å²) in [4.78, 5) is 25.2. The first kappa shape index (κ1) is 24.2. The van der Waals surface area contributed by atoms with E-state index in [1.165, 1.54) is 35.4 Å². The first-order valence-electron chi connectivity index (χ1n) is 12.2. The van der Waals surface area contributed by atoms with Crippen molar-refractivity contribution in [3.05, 3.63) is 89.0 Å². The second-order valence-electron chi connectivity index (χ2n) is 9.71. The molecule has 1 N–H and O–H groups in total. The highest BCUT2D eigenvalue weighted by Gasteiger charge is 2.39. The van der Waals surface area contributed by atoms with E-state index in [-0.39, 0.29) is 11.4 Å². The lowest BCUT2D eigenvalue weighted by Crippen LogP contribution is -2.41. The van der Waals surface area contributed by atoms with E-state index in [0.29, 0.717) is 35.4 Å². The first-order chi connectivity index (χ1) is 18.2. The fraction of sp³-hybridized carbons (Fsp3) is 0.308. The molecule has 0 unspecified atom stereocenters. The molecule has 38 heavy (non-hydrogen) atoms. The third kappa shape index (κ3) is 4.10. The maximum absolute atomic E-state index is 13.9. The van der Waals surface area contributed by atoms with Gasteiger partial charge in [-0.15, -0.1) is 0 Å². The summed E-state index contributed by atoms with van der Waals surface area (Å²) >= 11 is 0. The van der Waals surface area contributed by atoms with Crippen LogP contribution in [0.5, 0.6) is 0 Å². The molecule has 0 saturated heterocycles. The Morgan fingerprint density at radius 3 is 2.82 bits per heavy atom. The zero-order valence-corrected chi connectivity index (χ0v) is 20.8. The van der Waals surface area contributed by atoms with E-state index >= 15 is 0 Å². The Hall–Kier alpha value is -4.19. The van der Waals surface area contributed by atoms with Crippen LogP contribution in [-0.4, -0.2) is 72.1 Å². The molecule has 0 radical (unpaired) electrons. The van der Waals surface area contributed by atoms with Crippen LogP contribution in [0, 0.1) is 0 Å². The van der Waals surface area contributed by atoms with Gasteiger partial charge in [-0.1, -0.05) is 6.07 Å². The number of likely N-dealkylation sites (N-methyl/N-ethyl adjacent to an activating group) is 1. The van der Waals surface area contributed by atoms with E-state index in [4.69, 9.17) is 0 Å². The number of H-pyrrole nitrogens is 1. The quantitative estimate of drug-likeness (QED) is 0.381. The lowest BCUT2D eigenvalue weighted by Gasteiger charge is -2.33. The van der Waals surface area contributed by atoms with Crippen LogP contribution in [0.3, 0.4) is 0 Å². The highest BCUT2D eigenvalue weighted by Crippen LogP contribution is 2.37. The normalized spacial score (nSPS) is 16.1. The molecule has 6 heterocycles. The number of carbonyl (C=O) groups excluding carboxylic acids is 1. The molecular formula is C26H25F3N8O. The van der Waals surface area contributed by atoms with Gasteiger partial charge in [-0.2, -0.15) is 23.4 Å². The minimum atomic E-state index is -4.54. The molecule has 6 rings (SSSR count). The number of amides is 1. The van der Waals surface area contributed by atoms with Gasteiger partial charge in [0.05, 0.1) is 46.1 Å². The average Bonchev–Trinajstić information content (AvgIpc) is 3.62. The van der Waals surface area contributed by atoms with Crippen molar-refractivity contribution in [1.29, 1.82) is 0 Å². The number of nitrogens with one attached hydrogen (secondary N) is 1. The minimum absolute atomic E-state index is 0.0775. The van der Waals surface area contributed by atoms with E-state index in [9.17, 15) is 18.0 Å². The lowest BCUT2D eigenvalue weighted by atomic mass is 9.98. The molecule has 196 valence electrons. The molecule has 0 bridgehead atoms. The Bertz CT molecular complexity index is 1650. The summed E-state index contributed by atoms with van der Waals surface area (Å²) in [5, 5.41) is 8.87. The predicted molar refractivity (Wildman–Crippen MR) is 133 cm³/mol. The summed E-state index contributed by atoms with van der Waals surface area (Å²) in [5.41, 5.74) is 3.01. The fourth-order valence-corrected chi connectivity index (χ4v) is 5.05. The van der Waals surface area contributed by atoms with Crippen molar-refractivity contribution in [1.82, 2.24) is 39.0 Å². The van der Waals surface area contributed by atoms with Crippen molar-refractivity contribution in [3.63, 3.8) is 0 Å². The molecule has 5 aromatic heterocycles. The van der Waals surface area contributed by atoms with E-state index in [2.05, 4.69) is 25.1 Å². The van der Waals surface area contributed by atoms with Crippen LogP contribution >= 0.6 is 0 Å². The molecule has 0 aliphatic carbocycles. The van der Waals surface area contributed by atoms with Crippen LogP contribution in [0.2, 0.25) is 0 Å². The van der Waals surface area contributed by atoms with Gasteiger partial charge in [0.15, 0.2) is 0 Å². The third-order valence-corrected chi connectivity index (χ3v) is 6.95. The minimum Gasteiger partial charge on any atom is -0.348 e. The summed E-state index contributed by atoms with van der Waals surface area (Å²) in [6.45, 7) is 1.23. The number of imidazole rings is 1. The zero-order valence-electron chi connectivity index (χ0n) is 20.8. The van der Waals surface area contributed by atoms with E-state index in [1.807, 2.05) is 32.4 Å².